The van der Waals surface area contributed by atoms with Gasteiger partial charge in [0.2, 0.25) is 0 Å². The summed E-state index contributed by atoms with van der Waals surface area (Å²) in [5.74, 6) is 1.50. The number of benzene rings is 2. The van der Waals surface area contributed by atoms with E-state index in [0.717, 1.165) is 35.8 Å². The number of nitrogens with one attached hydrogen (secondary N) is 1. The van der Waals surface area contributed by atoms with Crippen LogP contribution in [0.5, 0.6) is 5.75 Å². The van der Waals surface area contributed by atoms with Crippen molar-refractivity contribution in [2.75, 3.05) is 11.9 Å². The van der Waals surface area contributed by atoms with Gasteiger partial charge in [0.05, 0.1) is 6.54 Å². The lowest BCUT2D eigenvalue weighted by Crippen LogP contribution is -2.26. The van der Waals surface area contributed by atoms with E-state index in [4.69, 9.17) is 16.3 Å². The highest BCUT2D eigenvalue weighted by molar-refractivity contribution is 6.30. The van der Waals surface area contributed by atoms with Gasteiger partial charge < -0.3 is 10.1 Å². The number of halogens is 1. The zero-order chi connectivity index (χ0) is 17.5. The first-order valence-electron chi connectivity index (χ1n) is 8.80. The van der Waals surface area contributed by atoms with E-state index in [9.17, 15) is 0 Å². The van der Waals surface area contributed by atoms with Gasteiger partial charge in [0.25, 0.3) is 0 Å². The van der Waals surface area contributed by atoms with Crippen LogP contribution in [0.1, 0.15) is 50.7 Å². The molecule has 0 radical (unpaired) electrons. The number of rotatable bonds is 8. The molecule has 0 saturated heterocycles. The lowest BCUT2D eigenvalue weighted by Gasteiger charge is -2.23. The molecule has 2 unspecified atom stereocenters. The van der Waals surface area contributed by atoms with Gasteiger partial charge in [-0.05, 0) is 55.0 Å². The van der Waals surface area contributed by atoms with Gasteiger partial charge in [-0.15, -0.1) is 0 Å². The van der Waals surface area contributed by atoms with Crippen molar-refractivity contribution in [1.82, 2.24) is 0 Å². The summed E-state index contributed by atoms with van der Waals surface area (Å²) in [4.78, 5) is 0. The molecule has 2 nitrogen and oxygen atoms in total. The van der Waals surface area contributed by atoms with Crippen molar-refractivity contribution >= 4 is 17.3 Å². The van der Waals surface area contributed by atoms with Crippen molar-refractivity contribution in [3.8, 4) is 5.75 Å². The monoisotopic (exact) mass is 345 g/mol. The second-order valence-electron chi connectivity index (χ2n) is 6.34. The second kappa shape index (κ2) is 8.98. The van der Waals surface area contributed by atoms with Crippen LogP contribution in [0, 0.1) is 6.92 Å². The van der Waals surface area contributed by atoms with Crippen LogP contribution in [0.25, 0.3) is 0 Å². The fraction of sp³-hybridized carbons (Fsp3) is 0.429. The quantitative estimate of drug-likeness (QED) is 0.595. The van der Waals surface area contributed by atoms with Crippen LogP contribution < -0.4 is 10.1 Å². The lowest BCUT2D eigenvalue weighted by atomic mass is 9.98. The van der Waals surface area contributed by atoms with Crippen molar-refractivity contribution in [3.63, 3.8) is 0 Å². The minimum atomic E-state index is 0.119. The predicted octanol–water partition coefficient (Wildman–Crippen LogP) is 6.43. The van der Waals surface area contributed by atoms with E-state index in [0.29, 0.717) is 5.92 Å². The summed E-state index contributed by atoms with van der Waals surface area (Å²) >= 11 is 6.10. The molecule has 24 heavy (non-hydrogen) atoms. The number of anilines is 1. The maximum absolute atomic E-state index is 6.31. The Kier molecular flexibility index (Phi) is 6.99. The normalized spacial score (nSPS) is 13.4. The molecule has 2 aromatic rings. The largest absolute Gasteiger partial charge is 0.488 e. The standard InChI is InChI=1S/C21H28ClNO/c1-5-15(3)19-9-7-8-10-21(19)24-18(6-2)14-23-20-13-17(22)12-11-16(20)4/h7-13,15,18,23H,5-6,14H2,1-4H3. The Hall–Kier alpha value is -1.67. The van der Waals surface area contributed by atoms with Gasteiger partial charge in [-0.1, -0.05) is 56.6 Å². The molecule has 2 aromatic carbocycles. The Morgan fingerprint density at radius 2 is 1.83 bits per heavy atom. The fourth-order valence-electron chi connectivity index (χ4n) is 2.67. The molecule has 0 saturated carbocycles. The second-order valence-corrected chi connectivity index (χ2v) is 6.77. The maximum Gasteiger partial charge on any atom is 0.123 e. The van der Waals surface area contributed by atoms with Crippen LogP contribution >= 0.6 is 11.6 Å². The summed E-state index contributed by atoms with van der Waals surface area (Å²) < 4.78 is 6.31. The minimum absolute atomic E-state index is 0.119. The molecule has 0 heterocycles. The minimum Gasteiger partial charge on any atom is -0.488 e. The van der Waals surface area contributed by atoms with Crippen LogP contribution in [0.4, 0.5) is 5.69 Å². The van der Waals surface area contributed by atoms with Gasteiger partial charge in [0.15, 0.2) is 0 Å². The van der Waals surface area contributed by atoms with Crippen LogP contribution in [-0.2, 0) is 0 Å². The average Bonchev–Trinajstić information content (AvgIpc) is 2.60. The molecular weight excluding hydrogens is 318 g/mol. The number of hydrogen-bond donors (Lipinski definition) is 1. The molecular formula is C21H28ClNO. The lowest BCUT2D eigenvalue weighted by molar-refractivity contribution is 0.207. The van der Waals surface area contributed by atoms with Crippen LogP contribution in [0.3, 0.4) is 0 Å². The highest BCUT2D eigenvalue weighted by Gasteiger charge is 2.14. The molecule has 1 N–H and O–H groups in total. The third kappa shape index (κ3) is 4.91. The molecule has 0 aliphatic carbocycles. The number of hydrogen-bond acceptors (Lipinski definition) is 2. The van der Waals surface area contributed by atoms with Crippen LogP contribution in [0.2, 0.25) is 5.02 Å². The van der Waals surface area contributed by atoms with E-state index >= 15 is 0 Å². The van der Waals surface area contributed by atoms with Crippen molar-refractivity contribution in [2.45, 2.75) is 52.6 Å². The Bertz CT molecular complexity index is 656. The zero-order valence-corrected chi connectivity index (χ0v) is 15.9. The van der Waals surface area contributed by atoms with E-state index in [1.54, 1.807) is 0 Å². The molecule has 3 heteroatoms. The predicted molar refractivity (Wildman–Crippen MR) is 105 cm³/mol. The van der Waals surface area contributed by atoms with Crippen molar-refractivity contribution in [2.24, 2.45) is 0 Å². The van der Waals surface area contributed by atoms with Gasteiger partial charge in [-0.2, -0.15) is 0 Å². The van der Waals surface area contributed by atoms with Gasteiger partial charge in [-0.3, -0.25) is 0 Å². The van der Waals surface area contributed by atoms with E-state index in [2.05, 4.69) is 51.2 Å². The topological polar surface area (TPSA) is 21.3 Å². The molecule has 0 bridgehead atoms. The van der Waals surface area contributed by atoms with E-state index in [-0.39, 0.29) is 6.10 Å². The first-order chi connectivity index (χ1) is 11.5. The summed E-state index contributed by atoms with van der Waals surface area (Å²) in [6.45, 7) is 9.45. The highest BCUT2D eigenvalue weighted by atomic mass is 35.5. The number of aryl methyl sites for hydroxylation is 1. The molecule has 2 rings (SSSR count). The smallest absolute Gasteiger partial charge is 0.123 e. The summed E-state index contributed by atoms with van der Waals surface area (Å²) in [5, 5.41) is 4.23. The molecule has 0 aliphatic rings. The molecule has 0 spiro atoms. The summed E-state index contributed by atoms with van der Waals surface area (Å²) in [6, 6.07) is 14.3. The van der Waals surface area contributed by atoms with Crippen molar-refractivity contribution in [1.29, 1.82) is 0 Å². The van der Waals surface area contributed by atoms with Crippen molar-refractivity contribution in [3.05, 3.63) is 58.6 Å². The van der Waals surface area contributed by atoms with E-state index < -0.39 is 0 Å². The van der Waals surface area contributed by atoms with Crippen molar-refractivity contribution < 1.29 is 4.74 Å². The molecule has 2 atom stereocenters. The number of ether oxygens (including phenoxy) is 1. The number of para-hydroxylation sites is 1. The Morgan fingerprint density at radius 3 is 2.54 bits per heavy atom. The summed E-state index contributed by atoms with van der Waals surface area (Å²) in [7, 11) is 0. The summed E-state index contributed by atoms with van der Waals surface area (Å²) in [5.41, 5.74) is 3.55. The third-order valence-corrected chi connectivity index (χ3v) is 4.77. The highest BCUT2D eigenvalue weighted by Crippen LogP contribution is 2.29. The molecule has 130 valence electrons. The first kappa shape index (κ1) is 18.7. The molecule has 0 amide bonds. The van der Waals surface area contributed by atoms with Gasteiger partial charge >= 0.3 is 0 Å². The molecule has 0 aliphatic heterocycles. The molecule has 0 fully saturated rings. The van der Waals surface area contributed by atoms with Gasteiger partial charge in [0.1, 0.15) is 11.9 Å². The Morgan fingerprint density at radius 1 is 1.08 bits per heavy atom. The fourth-order valence-corrected chi connectivity index (χ4v) is 2.84. The van der Waals surface area contributed by atoms with E-state index in [1.807, 2.05) is 24.3 Å². The Balaban J connectivity index is 2.06. The molecule has 0 aromatic heterocycles. The Labute approximate surface area is 151 Å². The third-order valence-electron chi connectivity index (χ3n) is 4.53. The van der Waals surface area contributed by atoms with E-state index in [1.165, 1.54) is 11.1 Å². The average molecular weight is 346 g/mol. The van der Waals surface area contributed by atoms with Gasteiger partial charge in [-0.25, -0.2) is 0 Å². The van der Waals surface area contributed by atoms with Gasteiger partial charge in [0, 0.05) is 10.7 Å². The van der Waals surface area contributed by atoms with Crippen LogP contribution in [0.15, 0.2) is 42.5 Å². The zero-order valence-electron chi connectivity index (χ0n) is 15.1. The SMILES string of the molecule is CCC(CNc1cc(Cl)ccc1C)Oc1ccccc1C(C)CC. The summed E-state index contributed by atoms with van der Waals surface area (Å²) in [6.07, 6.45) is 2.17. The maximum atomic E-state index is 6.31. The first-order valence-corrected chi connectivity index (χ1v) is 9.18. The van der Waals surface area contributed by atoms with Crippen LogP contribution in [-0.4, -0.2) is 12.6 Å².